The zero-order valence-corrected chi connectivity index (χ0v) is 11.0. The van der Waals surface area contributed by atoms with Crippen molar-refractivity contribution in [1.29, 1.82) is 0 Å². The molecule has 0 aromatic heterocycles. The van der Waals surface area contributed by atoms with E-state index < -0.39 is 12.0 Å². The summed E-state index contributed by atoms with van der Waals surface area (Å²) in [6.07, 6.45) is 2.23. The van der Waals surface area contributed by atoms with E-state index in [1.807, 2.05) is 20.8 Å². The first-order valence-electron chi connectivity index (χ1n) is 6.30. The second-order valence-electron chi connectivity index (χ2n) is 4.08. The quantitative estimate of drug-likeness (QED) is 0.637. The number of nitrogens with one attached hydrogen (secondary N) is 1. The Morgan fingerprint density at radius 3 is 2.29 bits per heavy atom. The zero-order chi connectivity index (χ0) is 13.3. The van der Waals surface area contributed by atoms with Crippen LogP contribution in [0.5, 0.6) is 0 Å². The van der Waals surface area contributed by atoms with Gasteiger partial charge in [0.25, 0.3) is 0 Å². The van der Waals surface area contributed by atoms with Gasteiger partial charge in [-0.25, -0.2) is 0 Å². The SMILES string of the molecule is CCCNC(=O)CN(CCC)C(CC)C(=O)O. The first kappa shape index (κ1) is 15.9. The average Bonchev–Trinajstić information content (AvgIpc) is 2.27. The molecule has 17 heavy (non-hydrogen) atoms. The monoisotopic (exact) mass is 244 g/mol. The van der Waals surface area contributed by atoms with E-state index in [0.717, 1.165) is 12.8 Å². The number of nitrogens with zero attached hydrogens (tertiary/aromatic N) is 1. The van der Waals surface area contributed by atoms with Crippen molar-refractivity contribution in [2.75, 3.05) is 19.6 Å². The maximum absolute atomic E-state index is 11.6. The van der Waals surface area contributed by atoms with E-state index in [1.165, 1.54) is 0 Å². The molecule has 5 heteroatoms. The van der Waals surface area contributed by atoms with Crippen LogP contribution in [0.3, 0.4) is 0 Å². The lowest BCUT2D eigenvalue weighted by molar-refractivity contribution is -0.144. The molecule has 0 heterocycles. The Kier molecular flexibility index (Phi) is 8.40. The highest BCUT2D eigenvalue weighted by Gasteiger charge is 2.24. The normalized spacial score (nSPS) is 12.5. The van der Waals surface area contributed by atoms with Gasteiger partial charge in [-0.3, -0.25) is 14.5 Å². The van der Waals surface area contributed by atoms with Crippen LogP contribution in [0.1, 0.15) is 40.0 Å². The Morgan fingerprint density at radius 2 is 1.88 bits per heavy atom. The molecule has 0 aromatic rings. The molecular weight excluding hydrogens is 220 g/mol. The highest BCUT2D eigenvalue weighted by atomic mass is 16.4. The Labute approximate surface area is 103 Å². The molecule has 0 spiro atoms. The van der Waals surface area contributed by atoms with Crippen LogP contribution >= 0.6 is 0 Å². The van der Waals surface area contributed by atoms with Gasteiger partial charge in [-0.15, -0.1) is 0 Å². The molecule has 0 saturated heterocycles. The van der Waals surface area contributed by atoms with Crippen molar-refractivity contribution < 1.29 is 14.7 Å². The molecule has 0 aromatic carbocycles. The maximum atomic E-state index is 11.6. The largest absolute Gasteiger partial charge is 0.480 e. The van der Waals surface area contributed by atoms with Gasteiger partial charge < -0.3 is 10.4 Å². The summed E-state index contributed by atoms with van der Waals surface area (Å²) in [5, 5.41) is 11.9. The van der Waals surface area contributed by atoms with Crippen molar-refractivity contribution in [1.82, 2.24) is 10.2 Å². The summed E-state index contributed by atoms with van der Waals surface area (Å²) in [7, 11) is 0. The number of amides is 1. The van der Waals surface area contributed by atoms with Gasteiger partial charge in [0.2, 0.25) is 5.91 Å². The average molecular weight is 244 g/mol. The highest BCUT2D eigenvalue weighted by Crippen LogP contribution is 2.05. The van der Waals surface area contributed by atoms with Crippen molar-refractivity contribution >= 4 is 11.9 Å². The van der Waals surface area contributed by atoms with Gasteiger partial charge in [-0.2, -0.15) is 0 Å². The fraction of sp³-hybridized carbons (Fsp3) is 0.833. The van der Waals surface area contributed by atoms with Crippen molar-refractivity contribution in [2.24, 2.45) is 0 Å². The lowest BCUT2D eigenvalue weighted by atomic mass is 10.2. The molecule has 1 unspecified atom stereocenters. The molecule has 2 N–H and O–H groups in total. The summed E-state index contributed by atoms with van der Waals surface area (Å²) in [5.74, 6) is -0.954. The number of carboxylic acid groups (broad SMARTS) is 1. The standard InChI is InChI=1S/C12H24N2O3/c1-4-7-13-11(15)9-14(8-5-2)10(6-3)12(16)17/h10H,4-9H2,1-3H3,(H,13,15)(H,16,17). The van der Waals surface area contributed by atoms with E-state index in [2.05, 4.69) is 5.32 Å². The van der Waals surface area contributed by atoms with Crippen LogP contribution in [-0.2, 0) is 9.59 Å². The Bertz CT molecular complexity index is 244. The number of hydrogen-bond donors (Lipinski definition) is 2. The summed E-state index contributed by atoms with van der Waals surface area (Å²) >= 11 is 0. The predicted molar refractivity (Wildman–Crippen MR) is 66.9 cm³/mol. The Morgan fingerprint density at radius 1 is 1.24 bits per heavy atom. The molecule has 0 aliphatic rings. The van der Waals surface area contributed by atoms with Gasteiger partial charge in [0, 0.05) is 6.54 Å². The van der Waals surface area contributed by atoms with Crippen LogP contribution in [0.25, 0.3) is 0 Å². The lowest BCUT2D eigenvalue weighted by Gasteiger charge is -2.26. The van der Waals surface area contributed by atoms with Gasteiger partial charge in [-0.05, 0) is 25.8 Å². The van der Waals surface area contributed by atoms with Crippen LogP contribution < -0.4 is 5.32 Å². The molecule has 0 aliphatic carbocycles. The van der Waals surface area contributed by atoms with Gasteiger partial charge >= 0.3 is 5.97 Å². The van der Waals surface area contributed by atoms with Crippen LogP contribution in [0.15, 0.2) is 0 Å². The van der Waals surface area contributed by atoms with Gasteiger partial charge in [0.15, 0.2) is 0 Å². The highest BCUT2D eigenvalue weighted by molar-refractivity contribution is 5.79. The van der Waals surface area contributed by atoms with Crippen molar-refractivity contribution in [2.45, 2.75) is 46.1 Å². The van der Waals surface area contributed by atoms with Crippen molar-refractivity contribution in [3.8, 4) is 0 Å². The fourth-order valence-electron chi connectivity index (χ4n) is 1.73. The molecule has 0 fully saturated rings. The van der Waals surface area contributed by atoms with E-state index in [9.17, 15) is 9.59 Å². The number of carbonyl (C=O) groups excluding carboxylic acids is 1. The second kappa shape index (κ2) is 8.98. The summed E-state index contributed by atoms with van der Waals surface area (Å²) < 4.78 is 0. The Balaban J connectivity index is 4.40. The van der Waals surface area contributed by atoms with Crippen molar-refractivity contribution in [3.05, 3.63) is 0 Å². The fourth-order valence-corrected chi connectivity index (χ4v) is 1.73. The van der Waals surface area contributed by atoms with E-state index in [0.29, 0.717) is 19.5 Å². The topological polar surface area (TPSA) is 69.6 Å². The van der Waals surface area contributed by atoms with Crippen LogP contribution in [0.4, 0.5) is 0 Å². The maximum Gasteiger partial charge on any atom is 0.320 e. The summed E-state index contributed by atoms with van der Waals surface area (Å²) in [4.78, 5) is 24.4. The van der Waals surface area contributed by atoms with Gasteiger partial charge in [0.1, 0.15) is 6.04 Å². The molecular formula is C12H24N2O3. The van der Waals surface area contributed by atoms with E-state index >= 15 is 0 Å². The second-order valence-corrected chi connectivity index (χ2v) is 4.08. The van der Waals surface area contributed by atoms with Crippen LogP contribution in [0.2, 0.25) is 0 Å². The smallest absolute Gasteiger partial charge is 0.320 e. The minimum atomic E-state index is -0.857. The van der Waals surface area contributed by atoms with E-state index in [-0.39, 0.29) is 12.5 Å². The molecule has 100 valence electrons. The van der Waals surface area contributed by atoms with E-state index in [4.69, 9.17) is 5.11 Å². The van der Waals surface area contributed by atoms with Gasteiger partial charge in [-0.1, -0.05) is 20.8 Å². The molecule has 1 amide bonds. The molecule has 0 saturated carbocycles. The number of carboxylic acids is 1. The third-order valence-corrected chi connectivity index (χ3v) is 2.54. The summed E-state index contributed by atoms with van der Waals surface area (Å²) in [5.41, 5.74) is 0. The minimum Gasteiger partial charge on any atom is -0.480 e. The number of carbonyl (C=O) groups is 2. The van der Waals surface area contributed by atoms with Crippen LogP contribution in [0, 0.1) is 0 Å². The molecule has 1 atom stereocenters. The molecule has 0 radical (unpaired) electrons. The lowest BCUT2D eigenvalue weighted by Crippen LogP contribution is -2.46. The molecule has 0 bridgehead atoms. The first-order chi connectivity index (χ1) is 8.06. The Hall–Kier alpha value is -1.10. The number of aliphatic carboxylic acids is 1. The van der Waals surface area contributed by atoms with E-state index in [1.54, 1.807) is 4.90 Å². The molecule has 5 nitrogen and oxygen atoms in total. The minimum absolute atomic E-state index is 0.0972. The molecule has 0 aliphatic heterocycles. The molecule has 0 rings (SSSR count). The summed E-state index contributed by atoms with van der Waals surface area (Å²) in [6, 6.07) is -0.567. The van der Waals surface area contributed by atoms with Crippen LogP contribution in [-0.4, -0.2) is 47.6 Å². The van der Waals surface area contributed by atoms with Crippen molar-refractivity contribution in [3.63, 3.8) is 0 Å². The first-order valence-corrected chi connectivity index (χ1v) is 6.30. The zero-order valence-electron chi connectivity index (χ0n) is 11.0. The number of hydrogen-bond acceptors (Lipinski definition) is 3. The number of rotatable bonds is 9. The third-order valence-electron chi connectivity index (χ3n) is 2.54. The predicted octanol–water partition coefficient (Wildman–Crippen LogP) is 1.09. The van der Waals surface area contributed by atoms with Gasteiger partial charge in [0.05, 0.1) is 6.54 Å². The summed E-state index contributed by atoms with van der Waals surface area (Å²) in [6.45, 7) is 7.22. The third kappa shape index (κ3) is 6.26.